The minimum absolute atomic E-state index is 0. The Bertz CT molecular complexity index is 2020. The average molecular weight is 837 g/mol. The van der Waals surface area contributed by atoms with Crippen molar-refractivity contribution in [2.75, 3.05) is 6.61 Å². The third-order valence-corrected chi connectivity index (χ3v) is 16.0. The number of ether oxygens (including phenoxy) is 1. The Balaban J connectivity index is 0.00000217. The van der Waals surface area contributed by atoms with Crippen molar-refractivity contribution in [1.82, 2.24) is 4.57 Å². The molecule has 0 radical (unpaired) electrons. The zero-order valence-electron chi connectivity index (χ0n) is 32.4. The van der Waals surface area contributed by atoms with E-state index in [0.717, 1.165) is 13.0 Å². The number of fused-ring (bicyclic) bond motifs is 4. The molecular weight excluding hydrogens is 777 g/mol. The van der Waals surface area contributed by atoms with Crippen LogP contribution in [0.2, 0.25) is 12.6 Å². The Hall–Kier alpha value is -2.53. The fourth-order valence-electron chi connectivity index (χ4n) is 8.49. The molecule has 1 aromatic heterocycles. The summed E-state index contributed by atoms with van der Waals surface area (Å²) >= 11 is 0. The summed E-state index contributed by atoms with van der Waals surface area (Å²) in [5.41, 5.74) is 12.7. The third-order valence-electron chi connectivity index (χ3n) is 11.0. The van der Waals surface area contributed by atoms with Crippen LogP contribution in [-0.2, 0) is 37.6 Å². The van der Waals surface area contributed by atoms with E-state index in [9.17, 15) is 0 Å². The molecule has 0 bridgehead atoms. The smallest absolute Gasteiger partial charge is 0.376 e. The molecule has 0 saturated carbocycles. The van der Waals surface area contributed by atoms with Crippen molar-refractivity contribution < 1.29 is 30.6 Å². The quantitative estimate of drug-likeness (QED) is 0.0762. The molecule has 0 spiro atoms. The first-order valence-corrected chi connectivity index (χ1v) is 20.1. The van der Waals surface area contributed by atoms with Crippen molar-refractivity contribution in [3.05, 3.63) is 109 Å². The van der Waals surface area contributed by atoms with Gasteiger partial charge >= 0.3 is 25.8 Å². The topological polar surface area (TPSA) is 14.2 Å². The number of hydrogen-bond donors (Lipinski definition) is 0. The summed E-state index contributed by atoms with van der Waals surface area (Å²) in [5.74, 6) is 0. The minimum Gasteiger partial charge on any atom is -0.376 e. The summed E-state index contributed by atoms with van der Waals surface area (Å²) in [6, 6.07) is 26.7. The van der Waals surface area contributed by atoms with Crippen molar-refractivity contribution in [2.45, 2.75) is 99.3 Å². The van der Waals surface area contributed by atoms with E-state index in [1.165, 1.54) is 96.8 Å². The summed E-state index contributed by atoms with van der Waals surface area (Å²) in [6.07, 6.45) is 4.91. The summed E-state index contributed by atoms with van der Waals surface area (Å²) in [7, 11) is 0.0890. The molecular formula is C45H59HfNOSi. The van der Waals surface area contributed by atoms with Crippen LogP contribution in [0.3, 0.4) is 0 Å². The van der Waals surface area contributed by atoms with Gasteiger partial charge < -0.3 is 24.2 Å². The Morgan fingerprint density at radius 1 is 0.694 bits per heavy atom. The molecule has 1 heterocycles. The second-order valence-corrected chi connectivity index (χ2v) is 19.3. The van der Waals surface area contributed by atoms with Gasteiger partial charge in [-0.1, -0.05) is 102 Å². The Morgan fingerprint density at radius 3 is 2.00 bits per heavy atom. The third kappa shape index (κ3) is 7.44. The number of aryl methyl sites for hydroxylation is 2. The van der Waals surface area contributed by atoms with Gasteiger partial charge in [0.25, 0.3) is 0 Å². The van der Waals surface area contributed by atoms with E-state index >= 15 is 0 Å². The summed E-state index contributed by atoms with van der Waals surface area (Å²) in [5, 5.41) is 8.88. The van der Waals surface area contributed by atoms with Crippen LogP contribution in [-0.4, -0.2) is 24.8 Å². The van der Waals surface area contributed by atoms with Gasteiger partial charge in [0.15, 0.2) is 0 Å². The zero-order valence-corrected chi connectivity index (χ0v) is 37.0. The minimum atomic E-state index is -2.09. The second-order valence-electron chi connectivity index (χ2n) is 15.1. The SMILES string of the molecule is Cc1c(C)c(C)[c-]([Si](C)(CCCCCCOC(C)(C)C)[c-]2c(C)cc3c(-c4ccc5c(c4)c4ccccc4n5C)cccc32)c1C.[CH3-].[CH3-].[Hf+4]. The van der Waals surface area contributed by atoms with Crippen LogP contribution in [0, 0.1) is 49.5 Å². The molecule has 5 aromatic carbocycles. The monoisotopic (exact) mass is 837 g/mol. The molecule has 1 atom stereocenters. The van der Waals surface area contributed by atoms with Gasteiger partial charge in [0, 0.05) is 43.5 Å². The molecule has 0 aliphatic rings. The number of aromatic nitrogens is 1. The van der Waals surface area contributed by atoms with E-state index in [2.05, 4.69) is 140 Å². The van der Waals surface area contributed by atoms with Crippen LogP contribution >= 0.6 is 0 Å². The maximum absolute atomic E-state index is 6.02. The largest absolute Gasteiger partial charge is 4.00 e. The number of para-hydroxylation sites is 1. The van der Waals surface area contributed by atoms with Gasteiger partial charge in [0.2, 0.25) is 0 Å². The van der Waals surface area contributed by atoms with Gasteiger partial charge in [-0.2, -0.15) is 33.5 Å². The maximum Gasteiger partial charge on any atom is 4.00 e. The number of rotatable bonds is 10. The molecule has 0 saturated heterocycles. The van der Waals surface area contributed by atoms with Crippen molar-refractivity contribution in [3.63, 3.8) is 0 Å². The molecule has 4 heteroatoms. The van der Waals surface area contributed by atoms with Crippen LogP contribution in [0.25, 0.3) is 43.7 Å². The molecule has 0 N–H and O–H groups in total. The summed E-state index contributed by atoms with van der Waals surface area (Å²) < 4.78 is 8.34. The van der Waals surface area contributed by atoms with E-state index in [1.807, 2.05) is 0 Å². The van der Waals surface area contributed by atoms with Gasteiger partial charge in [0.05, 0.1) is 5.60 Å². The van der Waals surface area contributed by atoms with Crippen LogP contribution in [0.15, 0.2) is 66.7 Å². The van der Waals surface area contributed by atoms with Crippen LogP contribution < -0.4 is 10.4 Å². The molecule has 0 amide bonds. The summed E-state index contributed by atoms with van der Waals surface area (Å²) in [6.45, 7) is 21.8. The first-order valence-electron chi connectivity index (χ1n) is 17.4. The van der Waals surface area contributed by atoms with Gasteiger partial charge in [-0.3, -0.25) is 0 Å². The molecule has 6 rings (SSSR count). The van der Waals surface area contributed by atoms with Gasteiger partial charge in [0.1, 0.15) is 0 Å². The van der Waals surface area contributed by atoms with E-state index in [-0.39, 0.29) is 46.3 Å². The van der Waals surface area contributed by atoms with Crippen LogP contribution in [0.1, 0.15) is 74.3 Å². The molecule has 0 aliphatic heterocycles. The molecule has 0 fully saturated rings. The molecule has 6 aromatic rings. The first kappa shape index (κ1) is 40.9. The zero-order chi connectivity index (χ0) is 33.0. The molecule has 2 nitrogen and oxygen atoms in total. The molecule has 0 aliphatic carbocycles. The van der Waals surface area contributed by atoms with E-state index in [1.54, 1.807) is 10.4 Å². The maximum atomic E-state index is 6.02. The van der Waals surface area contributed by atoms with E-state index < -0.39 is 8.07 Å². The van der Waals surface area contributed by atoms with Crippen molar-refractivity contribution in [3.8, 4) is 11.1 Å². The standard InChI is InChI=1S/C43H53NOSi.2CH3.Hf/c1-28-26-37-34(33-22-23-40-38(27-33)35-18-13-14-21-39(35)44(40)9)19-17-20-36(37)41(28)46(10,42-31(4)29(2)30(3)32(42)5)25-16-12-11-15-24-45-43(6,7)8;;;/h13-14,17-23,26-27H,11-12,15-16,24-25H2,1-10H3;2*1H3;/q-2;2*-1;+4. The second kappa shape index (κ2) is 15.8. The van der Waals surface area contributed by atoms with Crippen molar-refractivity contribution in [1.29, 1.82) is 0 Å². The molecule has 1 unspecified atom stereocenters. The molecule has 258 valence electrons. The summed E-state index contributed by atoms with van der Waals surface area (Å²) in [4.78, 5) is 0. The van der Waals surface area contributed by atoms with Gasteiger partial charge in [-0.05, 0) is 51.0 Å². The number of unbranched alkanes of at least 4 members (excludes halogenated alkanes) is 3. The molecule has 49 heavy (non-hydrogen) atoms. The Kier molecular flexibility index (Phi) is 13.2. The van der Waals surface area contributed by atoms with E-state index in [4.69, 9.17) is 4.74 Å². The predicted octanol–water partition coefficient (Wildman–Crippen LogP) is 11.6. The average Bonchev–Trinajstić information content (AvgIpc) is 3.59. The van der Waals surface area contributed by atoms with Crippen molar-refractivity contribution >= 4 is 51.0 Å². The van der Waals surface area contributed by atoms with Gasteiger partial charge in [-0.15, -0.1) is 33.7 Å². The van der Waals surface area contributed by atoms with Gasteiger partial charge in [-0.25, -0.2) is 0 Å². The van der Waals surface area contributed by atoms with Crippen LogP contribution in [0.4, 0.5) is 0 Å². The number of benzene rings is 3. The fourth-order valence-corrected chi connectivity index (χ4v) is 14.0. The normalized spacial score (nSPS) is 12.9. The Labute approximate surface area is 317 Å². The number of nitrogens with zero attached hydrogens (tertiary/aromatic N) is 1. The van der Waals surface area contributed by atoms with E-state index in [0.29, 0.717) is 0 Å². The first-order chi connectivity index (χ1) is 21.8. The predicted molar refractivity (Wildman–Crippen MR) is 217 cm³/mol. The fraction of sp³-hybridized carbons (Fsp3) is 0.378. The van der Waals surface area contributed by atoms with Crippen LogP contribution in [0.5, 0.6) is 0 Å². The van der Waals surface area contributed by atoms with Crippen molar-refractivity contribution in [2.24, 2.45) is 7.05 Å². The number of hydrogen-bond acceptors (Lipinski definition) is 1. The Morgan fingerprint density at radius 2 is 1.33 bits per heavy atom.